The number of phosphoric ester groups is 1. The maximum atomic E-state index is 12.8. The zero-order valence-electron chi connectivity index (χ0n) is 33.9. The molecule has 6 N–H and O–H groups in total. The Hall–Kier alpha value is -0.800. The summed E-state index contributed by atoms with van der Waals surface area (Å²) < 4.78 is 22.1. The highest BCUT2D eigenvalue weighted by Crippen LogP contribution is 2.43. The van der Waals surface area contributed by atoms with Crippen molar-refractivity contribution >= 4 is 13.7 Å². The van der Waals surface area contributed by atoms with Gasteiger partial charge in [0.1, 0.15) is 0 Å². The predicted octanol–water partition coefficient (Wildman–Crippen LogP) is 11.0. The van der Waals surface area contributed by atoms with Crippen LogP contribution < -0.4 is 11.1 Å². The number of aliphatic hydroxyl groups excluding tert-OH is 2. The normalized spacial score (nSPS) is 14.8. The van der Waals surface area contributed by atoms with Crippen molar-refractivity contribution in [2.45, 2.75) is 231 Å². The second-order valence-corrected chi connectivity index (χ2v) is 16.6. The number of allylic oxidation sites excluding steroid dienone is 1. The summed E-state index contributed by atoms with van der Waals surface area (Å²) in [7, 11) is -4.39. The summed E-state index contributed by atoms with van der Waals surface area (Å²) in [5.41, 5.74) is 5.36. The molecule has 0 bridgehead atoms. The third-order valence-electron chi connectivity index (χ3n) is 9.92. The van der Waals surface area contributed by atoms with Gasteiger partial charge in [-0.3, -0.25) is 13.8 Å². The van der Waals surface area contributed by atoms with E-state index in [1.54, 1.807) is 6.08 Å². The van der Waals surface area contributed by atoms with Crippen LogP contribution in [0, 0.1) is 0 Å². The van der Waals surface area contributed by atoms with Crippen LogP contribution in [0.1, 0.15) is 213 Å². The standard InChI is InChI=1S/C42H85N2O7P/c1-3-5-7-9-11-13-15-17-18-19-20-21-22-24-26-28-30-32-34-41(46)40(38-51-52(48,49)50-36-35-43)44-42(47)37-39(45)33-31-29-27-25-23-16-14-12-10-8-6-4-2/h32,34,39-41,45-46H,3-31,33,35-38,43H2,1-2H3,(H,44,47)(H,48,49)/b34-32+. The number of unbranched alkanes of at least 4 members (excludes halogenated alkanes) is 27. The van der Waals surface area contributed by atoms with E-state index in [1.807, 2.05) is 6.08 Å². The Bertz CT molecular complexity index is 847. The van der Waals surface area contributed by atoms with Crippen molar-refractivity contribution in [1.29, 1.82) is 0 Å². The lowest BCUT2D eigenvalue weighted by atomic mass is 10.0. The summed E-state index contributed by atoms with van der Waals surface area (Å²) in [6, 6.07) is -0.977. The van der Waals surface area contributed by atoms with Crippen molar-refractivity contribution in [2.24, 2.45) is 5.73 Å². The molecule has 4 unspecified atom stereocenters. The SMILES string of the molecule is CCCCCCCCCCCCCCCCCC/C=C/C(O)C(COP(=O)(O)OCCN)NC(=O)CC(O)CCCCCCCCCCCCCC. The zero-order chi connectivity index (χ0) is 38.4. The molecular formula is C42H85N2O7P. The Balaban J connectivity index is 4.31. The minimum Gasteiger partial charge on any atom is -0.393 e. The molecule has 0 rings (SSSR count). The number of nitrogens with two attached hydrogens (primary N) is 1. The van der Waals surface area contributed by atoms with Gasteiger partial charge in [-0.15, -0.1) is 0 Å². The molecule has 0 spiro atoms. The van der Waals surface area contributed by atoms with Crippen LogP contribution in [-0.2, 0) is 18.4 Å². The zero-order valence-corrected chi connectivity index (χ0v) is 34.8. The minimum atomic E-state index is -4.39. The molecule has 10 heteroatoms. The molecular weight excluding hydrogens is 675 g/mol. The number of phosphoric acid groups is 1. The van der Waals surface area contributed by atoms with E-state index >= 15 is 0 Å². The Labute approximate surface area is 320 Å². The summed E-state index contributed by atoms with van der Waals surface area (Å²) >= 11 is 0. The highest BCUT2D eigenvalue weighted by molar-refractivity contribution is 7.47. The van der Waals surface area contributed by atoms with Gasteiger partial charge >= 0.3 is 7.82 Å². The van der Waals surface area contributed by atoms with Crippen molar-refractivity contribution < 1.29 is 33.5 Å². The number of hydrogen-bond donors (Lipinski definition) is 5. The number of carbonyl (C=O) groups excluding carboxylic acids is 1. The van der Waals surface area contributed by atoms with Crippen LogP contribution in [0.15, 0.2) is 12.2 Å². The molecule has 9 nitrogen and oxygen atoms in total. The molecule has 0 heterocycles. The van der Waals surface area contributed by atoms with Crippen molar-refractivity contribution in [3.63, 3.8) is 0 Å². The van der Waals surface area contributed by atoms with Gasteiger partial charge < -0.3 is 26.2 Å². The van der Waals surface area contributed by atoms with Crippen molar-refractivity contribution in [2.75, 3.05) is 19.8 Å². The van der Waals surface area contributed by atoms with Gasteiger partial charge in [-0.2, -0.15) is 0 Å². The number of rotatable bonds is 41. The molecule has 0 aromatic carbocycles. The monoisotopic (exact) mass is 761 g/mol. The molecule has 0 aliphatic heterocycles. The molecule has 0 aromatic rings. The van der Waals surface area contributed by atoms with Gasteiger partial charge in [0.05, 0.1) is 37.9 Å². The van der Waals surface area contributed by atoms with E-state index in [-0.39, 0.29) is 19.6 Å². The summed E-state index contributed by atoms with van der Waals surface area (Å²) in [5.74, 6) is -0.444. The number of amides is 1. The first-order valence-electron chi connectivity index (χ1n) is 21.9. The van der Waals surface area contributed by atoms with Crippen LogP contribution >= 0.6 is 7.82 Å². The van der Waals surface area contributed by atoms with Crippen LogP contribution in [-0.4, -0.2) is 59.0 Å². The predicted molar refractivity (Wildman–Crippen MR) is 218 cm³/mol. The highest BCUT2D eigenvalue weighted by Gasteiger charge is 2.27. The fraction of sp³-hybridized carbons (Fsp3) is 0.929. The second kappa shape index (κ2) is 38.5. The Morgan fingerprint density at radius 1 is 0.654 bits per heavy atom. The van der Waals surface area contributed by atoms with Gasteiger partial charge in [-0.25, -0.2) is 4.57 Å². The van der Waals surface area contributed by atoms with E-state index in [9.17, 15) is 24.5 Å². The van der Waals surface area contributed by atoms with Gasteiger partial charge in [-0.1, -0.05) is 199 Å². The summed E-state index contributed by atoms with van der Waals surface area (Å²) in [6.45, 7) is 3.98. The average Bonchev–Trinajstić information content (AvgIpc) is 3.12. The van der Waals surface area contributed by atoms with Crippen LogP contribution in [0.25, 0.3) is 0 Å². The van der Waals surface area contributed by atoms with E-state index in [1.165, 1.54) is 148 Å². The molecule has 310 valence electrons. The van der Waals surface area contributed by atoms with Gasteiger partial charge in [0.15, 0.2) is 0 Å². The van der Waals surface area contributed by atoms with Crippen LogP contribution in [0.5, 0.6) is 0 Å². The average molecular weight is 761 g/mol. The fourth-order valence-electron chi connectivity index (χ4n) is 6.59. The minimum absolute atomic E-state index is 0.0515. The van der Waals surface area contributed by atoms with E-state index < -0.39 is 38.6 Å². The maximum absolute atomic E-state index is 12.8. The molecule has 0 aliphatic rings. The molecule has 0 saturated carbocycles. The number of nitrogens with one attached hydrogen (secondary N) is 1. The second-order valence-electron chi connectivity index (χ2n) is 15.1. The molecule has 0 saturated heterocycles. The lowest BCUT2D eigenvalue weighted by Gasteiger charge is -2.24. The summed E-state index contributed by atoms with van der Waals surface area (Å²) in [6.07, 6.45) is 38.6. The molecule has 0 aromatic heterocycles. The maximum Gasteiger partial charge on any atom is 0.472 e. The number of hydrogen-bond acceptors (Lipinski definition) is 7. The number of carbonyl (C=O) groups is 1. The first-order valence-corrected chi connectivity index (χ1v) is 23.4. The van der Waals surface area contributed by atoms with Crippen LogP contribution in [0.4, 0.5) is 0 Å². The van der Waals surface area contributed by atoms with Crippen LogP contribution in [0.3, 0.4) is 0 Å². The van der Waals surface area contributed by atoms with Gasteiger partial charge in [-0.05, 0) is 19.3 Å². The third-order valence-corrected chi connectivity index (χ3v) is 10.9. The van der Waals surface area contributed by atoms with Crippen molar-refractivity contribution in [1.82, 2.24) is 5.32 Å². The largest absolute Gasteiger partial charge is 0.472 e. The lowest BCUT2D eigenvalue weighted by Crippen LogP contribution is -2.46. The molecule has 0 aliphatic carbocycles. The first kappa shape index (κ1) is 51.2. The molecule has 52 heavy (non-hydrogen) atoms. The van der Waals surface area contributed by atoms with Gasteiger partial charge in [0.25, 0.3) is 0 Å². The van der Waals surface area contributed by atoms with Crippen LogP contribution in [0.2, 0.25) is 0 Å². The van der Waals surface area contributed by atoms with E-state index in [4.69, 9.17) is 14.8 Å². The van der Waals surface area contributed by atoms with E-state index in [0.717, 1.165) is 38.5 Å². The van der Waals surface area contributed by atoms with E-state index in [2.05, 4.69) is 19.2 Å². The summed E-state index contributed by atoms with van der Waals surface area (Å²) in [4.78, 5) is 22.7. The molecule has 1 amide bonds. The highest BCUT2D eigenvalue weighted by atomic mass is 31.2. The Kier molecular flexibility index (Phi) is 37.9. The topological polar surface area (TPSA) is 151 Å². The Morgan fingerprint density at radius 3 is 1.48 bits per heavy atom. The Morgan fingerprint density at radius 2 is 1.06 bits per heavy atom. The summed E-state index contributed by atoms with van der Waals surface area (Å²) in [5, 5.41) is 24.0. The van der Waals surface area contributed by atoms with Gasteiger partial charge in [0, 0.05) is 6.54 Å². The number of aliphatic hydroxyl groups is 2. The van der Waals surface area contributed by atoms with Gasteiger partial charge in [0.2, 0.25) is 5.91 Å². The molecule has 4 atom stereocenters. The van der Waals surface area contributed by atoms with Crippen molar-refractivity contribution in [3.05, 3.63) is 12.2 Å². The fourth-order valence-corrected chi connectivity index (χ4v) is 7.35. The first-order chi connectivity index (χ1) is 25.3. The smallest absolute Gasteiger partial charge is 0.393 e. The van der Waals surface area contributed by atoms with E-state index in [0.29, 0.717) is 6.42 Å². The molecule has 0 radical (unpaired) electrons. The quantitative estimate of drug-likeness (QED) is 0.0235. The molecule has 0 fully saturated rings. The van der Waals surface area contributed by atoms with Crippen molar-refractivity contribution in [3.8, 4) is 0 Å². The third kappa shape index (κ3) is 36.2. The lowest BCUT2D eigenvalue weighted by molar-refractivity contribution is -0.124.